The first kappa shape index (κ1) is 18.5. The number of nitrogens with one attached hydrogen (secondary N) is 3. The van der Waals surface area contributed by atoms with Crippen LogP contribution in [0.25, 0.3) is 5.78 Å². The molecule has 0 aliphatic carbocycles. The number of benzene rings is 2. The van der Waals surface area contributed by atoms with Gasteiger partial charge < -0.3 is 15.4 Å². The maximum Gasteiger partial charge on any atom is 0.274 e. The summed E-state index contributed by atoms with van der Waals surface area (Å²) in [6.45, 7) is 3.02. The van der Waals surface area contributed by atoms with Crippen LogP contribution >= 0.6 is 0 Å². The topological polar surface area (TPSA) is 96.3 Å². The summed E-state index contributed by atoms with van der Waals surface area (Å²) in [4.78, 5) is 21.3. The molecule has 0 fully saturated rings. The second kappa shape index (κ2) is 8.05. The standard InChI is InChI=1S/C21H22N6O2/c1-14-7-9-15(10-8-14)12-23-20-25-21-24-16(11-19(28)27(21)26-20)13-22-17-5-3-4-6-18(17)29-2/h3-11,22H,12-13H2,1-2H3,(H2,23,24,25,26). The van der Waals surface area contributed by atoms with Crippen LogP contribution in [0.2, 0.25) is 0 Å². The van der Waals surface area contributed by atoms with E-state index in [0.717, 1.165) is 17.0 Å². The highest BCUT2D eigenvalue weighted by molar-refractivity contribution is 5.56. The average molecular weight is 390 g/mol. The van der Waals surface area contributed by atoms with Crippen LogP contribution in [0.3, 0.4) is 0 Å². The second-order valence-electron chi connectivity index (χ2n) is 6.69. The summed E-state index contributed by atoms with van der Waals surface area (Å²) in [5.74, 6) is 1.54. The van der Waals surface area contributed by atoms with Gasteiger partial charge in [-0.25, -0.2) is 4.98 Å². The number of H-pyrrole nitrogens is 1. The lowest BCUT2D eigenvalue weighted by Crippen LogP contribution is -2.17. The minimum absolute atomic E-state index is 0.220. The van der Waals surface area contributed by atoms with E-state index in [9.17, 15) is 4.79 Å². The van der Waals surface area contributed by atoms with Crippen LogP contribution in [0.5, 0.6) is 5.75 Å². The third-order valence-electron chi connectivity index (χ3n) is 4.53. The van der Waals surface area contributed by atoms with E-state index in [0.29, 0.717) is 30.5 Å². The van der Waals surface area contributed by atoms with Gasteiger partial charge in [0.15, 0.2) is 0 Å². The van der Waals surface area contributed by atoms with E-state index >= 15 is 0 Å². The van der Waals surface area contributed by atoms with Crippen molar-refractivity contribution in [1.82, 2.24) is 19.6 Å². The largest absolute Gasteiger partial charge is 0.495 e. The average Bonchev–Trinajstić information content (AvgIpc) is 3.16. The molecule has 3 N–H and O–H groups in total. The Kier molecular flexibility index (Phi) is 5.15. The van der Waals surface area contributed by atoms with Gasteiger partial charge in [0.05, 0.1) is 25.0 Å². The van der Waals surface area contributed by atoms with E-state index in [1.807, 2.05) is 24.3 Å². The monoisotopic (exact) mass is 390 g/mol. The molecule has 2 heterocycles. The molecule has 0 saturated carbocycles. The number of fused-ring (bicyclic) bond motifs is 1. The van der Waals surface area contributed by atoms with Crippen LogP contribution in [0.1, 0.15) is 16.8 Å². The number of hydrogen-bond acceptors (Lipinski definition) is 6. The van der Waals surface area contributed by atoms with E-state index in [4.69, 9.17) is 4.74 Å². The van der Waals surface area contributed by atoms with Gasteiger partial charge in [0.2, 0.25) is 5.95 Å². The van der Waals surface area contributed by atoms with Gasteiger partial charge in [0.25, 0.3) is 11.3 Å². The van der Waals surface area contributed by atoms with Crippen LogP contribution < -0.4 is 20.9 Å². The zero-order valence-corrected chi connectivity index (χ0v) is 16.3. The van der Waals surface area contributed by atoms with Crippen molar-refractivity contribution in [2.45, 2.75) is 20.0 Å². The first-order valence-electron chi connectivity index (χ1n) is 9.27. The summed E-state index contributed by atoms with van der Waals surface area (Å²) < 4.78 is 6.65. The van der Waals surface area contributed by atoms with Crippen LogP contribution in [0.15, 0.2) is 59.4 Å². The lowest BCUT2D eigenvalue weighted by molar-refractivity contribution is 0.416. The van der Waals surface area contributed by atoms with Crippen LogP contribution in [-0.2, 0) is 13.1 Å². The lowest BCUT2D eigenvalue weighted by atomic mass is 10.1. The summed E-state index contributed by atoms with van der Waals surface area (Å²) in [5.41, 5.74) is 3.54. The predicted molar refractivity (Wildman–Crippen MR) is 112 cm³/mol. The van der Waals surface area contributed by atoms with Crippen LogP contribution in [-0.4, -0.2) is 26.7 Å². The van der Waals surface area contributed by atoms with Crippen molar-refractivity contribution in [1.29, 1.82) is 0 Å². The SMILES string of the molecule is COc1ccccc1NCc1cc(=O)n2[nH]c(NCc3ccc(C)cc3)nc2n1. The second-order valence-corrected chi connectivity index (χ2v) is 6.69. The number of aromatic nitrogens is 4. The normalized spacial score (nSPS) is 10.8. The molecule has 0 bridgehead atoms. The fourth-order valence-electron chi connectivity index (χ4n) is 2.97. The van der Waals surface area contributed by atoms with Gasteiger partial charge in [-0.3, -0.25) is 9.89 Å². The number of rotatable bonds is 7. The van der Waals surface area contributed by atoms with Crippen molar-refractivity contribution >= 4 is 17.4 Å². The number of nitrogens with zero attached hydrogens (tertiary/aromatic N) is 3. The molecular weight excluding hydrogens is 368 g/mol. The summed E-state index contributed by atoms with van der Waals surface area (Å²) in [6.07, 6.45) is 0. The van der Waals surface area contributed by atoms with Gasteiger partial charge in [-0.2, -0.15) is 9.50 Å². The number of methoxy groups -OCH3 is 1. The van der Waals surface area contributed by atoms with E-state index in [1.54, 1.807) is 7.11 Å². The number of ether oxygens (including phenoxy) is 1. The molecule has 148 valence electrons. The Labute approximate surface area is 167 Å². The number of aromatic amines is 1. The Morgan fingerprint density at radius 1 is 1.03 bits per heavy atom. The Bertz CT molecular complexity index is 1180. The predicted octanol–water partition coefficient (Wildman–Crippen LogP) is 2.96. The summed E-state index contributed by atoms with van der Waals surface area (Å²) in [6, 6.07) is 17.3. The van der Waals surface area contributed by atoms with Gasteiger partial charge in [-0.15, -0.1) is 0 Å². The highest BCUT2D eigenvalue weighted by Gasteiger charge is 2.09. The van der Waals surface area contributed by atoms with E-state index in [2.05, 4.69) is 56.9 Å². The fourth-order valence-corrected chi connectivity index (χ4v) is 2.97. The Balaban J connectivity index is 1.49. The Morgan fingerprint density at radius 2 is 1.83 bits per heavy atom. The highest BCUT2D eigenvalue weighted by Crippen LogP contribution is 2.23. The lowest BCUT2D eigenvalue weighted by Gasteiger charge is -2.10. The van der Waals surface area contributed by atoms with Crippen LogP contribution in [0, 0.1) is 6.92 Å². The van der Waals surface area contributed by atoms with Gasteiger partial charge in [-0.1, -0.05) is 42.0 Å². The quantitative estimate of drug-likeness (QED) is 0.449. The van der Waals surface area contributed by atoms with Crippen molar-refractivity contribution in [3.8, 4) is 5.75 Å². The number of para-hydroxylation sites is 2. The fraction of sp³-hybridized carbons (Fsp3) is 0.190. The molecule has 4 aromatic rings. The van der Waals surface area contributed by atoms with Crippen molar-refractivity contribution in [3.63, 3.8) is 0 Å². The Hall–Kier alpha value is -3.81. The molecule has 8 nitrogen and oxygen atoms in total. The third-order valence-corrected chi connectivity index (χ3v) is 4.53. The molecule has 29 heavy (non-hydrogen) atoms. The zero-order chi connectivity index (χ0) is 20.2. The first-order valence-corrected chi connectivity index (χ1v) is 9.27. The summed E-state index contributed by atoms with van der Waals surface area (Å²) >= 11 is 0. The first-order chi connectivity index (χ1) is 14.1. The third kappa shape index (κ3) is 4.21. The molecule has 0 atom stereocenters. The molecule has 8 heteroatoms. The zero-order valence-electron chi connectivity index (χ0n) is 16.3. The summed E-state index contributed by atoms with van der Waals surface area (Å²) in [7, 11) is 1.62. The van der Waals surface area contributed by atoms with Crippen molar-refractivity contribution < 1.29 is 4.74 Å². The maximum atomic E-state index is 12.4. The van der Waals surface area contributed by atoms with E-state index in [-0.39, 0.29) is 5.56 Å². The molecule has 2 aromatic carbocycles. The van der Waals surface area contributed by atoms with E-state index in [1.165, 1.54) is 16.1 Å². The molecule has 0 saturated heterocycles. The summed E-state index contributed by atoms with van der Waals surface area (Å²) in [5, 5.41) is 9.38. The molecule has 2 aromatic heterocycles. The molecule has 4 rings (SSSR count). The molecule has 0 aliphatic heterocycles. The Morgan fingerprint density at radius 3 is 2.62 bits per heavy atom. The van der Waals surface area contributed by atoms with Crippen LogP contribution in [0.4, 0.5) is 11.6 Å². The van der Waals surface area contributed by atoms with E-state index < -0.39 is 0 Å². The van der Waals surface area contributed by atoms with Gasteiger partial charge in [0, 0.05) is 12.6 Å². The minimum atomic E-state index is -0.220. The van der Waals surface area contributed by atoms with Gasteiger partial charge >= 0.3 is 0 Å². The molecule has 0 radical (unpaired) electrons. The highest BCUT2D eigenvalue weighted by atomic mass is 16.5. The number of hydrogen-bond donors (Lipinski definition) is 3. The maximum absolute atomic E-state index is 12.4. The van der Waals surface area contributed by atoms with Crippen molar-refractivity contribution in [2.75, 3.05) is 17.7 Å². The van der Waals surface area contributed by atoms with Gasteiger partial charge in [0.1, 0.15) is 5.75 Å². The number of anilines is 2. The molecule has 0 aliphatic rings. The smallest absolute Gasteiger partial charge is 0.274 e. The minimum Gasteiger partial charge on any atom is -0.495 e. The van der Waals surface area contributed by atoms with Crippen molar-refractivity contribution in [2.24, 2.45) is 0 Å². The van der Waals surface area contributed by atoms with Crippen molar-refractivity contribution in [3.05, 3.63) is 81.8 Å². The molecule has 0 spiro atoms. The molecular formula is C21H22N6O2. The molecule has 0 amide bonds. The molecule has 0 unspecified atom stereocenters. The number of aryl methyl sites for hydroxylation is 1. The van der Waals surface area contributed by atoms with Gasteiger partial charge in [-0.05, 0) is 24.6 Å².